The molecule has 0 bridgehead atoms. The number of hydrogen-bond acceptors (Lipinski definition) is 3. The Labute approximate surface area is 163 Å². The molecule has 0 saturated carbocycles. The Hall–Kier alpha value is -1.50. The smallest absolute Gasteiger partial charge is 0.322 e. The maximum absolute atomic E-state index is 13.1. The van der Waals surface area contributed by atoms with Crippen LogP contribution < -0.4 is 5.32 Å². The number of ether oxygens (including phenoxy) is 1. The Morgan fingerprint density at radius 3 is 2.69 bits per heavy atom. The highest BCUT2D eigenvalue weighted by Crippen LogP contribution is 2.39. The van der Waals surface area contributed by atoms with Crippen molar-refractivity contribution in [3.05, 3.63) is 28.2 Å². The number of urea groups is 1. The number of anilines is 1. The van der Waals surface area contributed by atoms with Crippen LogP contribution >= 0.6 is 23.2 Å². The van der Waals surface area contributed by atoms with Gasteiger partial charge < -0.3 is 19.9 Å². The van der Waals surface area contributed by atoms with Crippen molar-refractivity contribution in [3.8, 4) is 0 Å². The number of hydrogen-bond donors (Lipinski definition) is 1. The molecule has 142 valence electrons. The fourth-order valence-electron chi connectivity index (χ4n) is 3.91. The topological polar surface area (TPSA) is 61.9 Å². The van der Waals surface area contributed by atoms with Gasteiger partial charge in [-0.05, 0) is 43.9 Å². The highest BCUT2D eigenvalue weighted by molar-refractivity contribution is 6.36. The van der Waals surface area contributed by atoms with E-state index in [-0.39, 0.29) is 11.9 Å². The molecule has 2 fully saturated rings. The third-order valence-electron chi connectivity index (χ3n) is 5.18. The van der Waals surface area contributed by atoms with E-state index in [9.17, 15) is 9.59 Å². The van der Waals surface area contributed by atoms with Crippen molar-refractivity contribution in [2.75, 3.05) is 38.7 Å². The molecule has 2 heterocycles. The van der Waals surface area contributed by atoms with Gasteiger partial charge in [0.25, 0.3) is 0 Å². The van der Waals surface area contributed by atoms with Crippen LogP contribution in [0.15, 0.2) is 18.2 Å². The summed E-state index contributed by atoms with van der Waals surface area (Å²) in [6.45, 7) is 2.31. The molecule has 8 heteroatoms. The van der Waals surface area contributed by atoms with E-state index < -0.39 is 5.54 Å². The van der Waals surface area contributed by atoms with Gasteiger partial charge in [-0.15, -0.1) is 0 Å². The van der Waals surface area contributed by atoms with Gasteiger partial charge in [-0.25, -0.2) is 4.79 Å². The molecule has 2 saturated heterocycles. The zero-order chi connectivity index (χ0) is 18.7. The van der Waals surface area contributed by atoms with Gasteiger partial charge in [0.2, 0.25) is 5.91 Å². The molecular formula is C18H23Cl2N3O3. The lowest BCUT2D eigenvalue weighted by Crippen LogP contribution is -2.62. The molecule has 0 aromatic heterocycles. The normalized spacial score (nSPS) is 23.0. The molecule has 1 atom stereocenters. The lowest BCUT2D eigenvalue weighted by atomic mass is 9.85. The molecule has 6 nitrogen and oxygen atoms in total. The minimum Gasteiger partial charge on any atom is -0.383 e. The summed E-state index contributed by atoms with van der Waals surface area (Å²) < 4.78 is 5.11. The van der Waals surface area contributed by atoms with E-state index in [0.29, 0.717) is 54.8 Å². The number of halogens is 2. The van der Waals surface area contributed by atoms with Crippen LogP contribution in [0.4, 0.5) is 10.5 Å². The van der Waals surface area contributed by atoms with Gasteiger partial charge in [-0.2, -0.15) is 0 Å². The highest BCUT2D eigenvalue weighted by atomic mass is 35.5. The lowest BCUT2D eigenvalue weighted by Gasteiger charge is -2.44. The number of carbonyl (C=O) groups is 2. The van der Waals surface area contributed by atoms with E-state index in [2.05, 4.69) is 5.32 Å². The van der Waals surface area contributed by atoms with E-state index >= 15 is 0 Å². The monoisotopic (exact) mass is 399 g/mol. The number of piperidine rings is 1. The zero-order valence-corrected chi connectivity index (χ0v) is 16.3. The van der Waals surface area contributed by atoms with Crippen molar-refractivity contribution in [2.24, 2.45) is 0 Å². The summed E-state index contributed by atoms with van der Waals surface area (Å²) >= 11 is 12.1. The van der Waals surface area contributed by atoms with E-state index in [1.807, 2.05) is 4.90 Å². The van der Waals surface area contributed by atoms with E-state index in [0.717, 1.165) is 12.8 Å². The van der Waals surface area contributed by atoms with Crippen molar-refractivity contribution >= 4 is 40.8 Å². The summed E-state index contributed by atoms with van der Waals surface area (Å²) in [4.78, 5) is 29.6. The van der Waals surface area contributed by atoms with Crippen LogP contribution in [0.2, 0.25) is 10.0 Å². The van der Waals surface area contributed by atoms with Gasteiger partial charge in [0.1, 0.15) is 5.54 Å². The van der Waals surface area contributed by atoms with Crippen LogP contribution in [0.5, 0.6) is 0 Å². The molecule has 2 aliphatic heterocycles. The Morgan fingerprint density at radius 2 is 2.00 bits per heavy atom. The molecule has 1 aromatic rings. The van der Waals surface area contributed by atoms with E-state index in [4.69, 9.17) is 27.9 Å². The van der Waals surface area contributed by atoms with Crippen LogP contribution in [0.1, 0.15) is 25.7 Å². The first-order valence-corrected chi connectivity index (χ1v) is 9.55. The molecule has 1 unspecified atom stereocenters. The average molecular weight is 400 g/mol. The second kappa shape index (κ2) is 8.03. The SMILES string of the molecule is COCCN1CCCC2(CCCN2C(=O)Nc2ccc(Cl)cc2Cl)C1=O. The third kappa shape index (κ3) is 3.63. The molecule has 2 aliphatic rings. The highest BCUT2D eigenvalue weighted by Gasteiger charge is 2.52. The molecule has 3 amide bonds. The van der Waals surface area contributed by atoms with Crippen LogP contribution in [0.3, 0.4) is 0 Å². The Kier molecular flexibility index (Phi) is 5.95. The van der Waals surface area contributed by atoms with Gasteiger partial charge in [-0.1, -0.05) is 23.2 Å². The second-order valence-electron chi connectivity index (χ2n) is 6.73. The maximum atomic E-state index is 13.1. The number of amides is 3. The van der Waals surface area contributed by atoms with Crippen molar-refractivity contribution in [2.45, 2.75) is 31.2 Å². The molecular weight excluding hydrogens is 377 g/mol. The third-order valence-corrected chi connectivity index (χ3v) is 5.72. The van der Waals surface area contributed by atoms with Gasteiger partial charge in [0.15, 0.2) is 0 Å². The fraction of sp³-hybridized carbons (Fsp3) is 0.556. The van der Waals surface area contributed by atoms with Gasteiger partial charge >= 0.3 is 6.03 Å². The second-order valence-corrected chi connectivity index (χ2v) is 7.57. The quantitative estimate of drug-likeness (QED) is 0.840. The zero-order valence-electron chi connectivity index (χ0n) is 14.8. The predicted molar refractivity (Wildman–Crippen MR) is 102 cm³/mol. The first kappa shape index (κ1) is 19.3. The maximum Gasteiger partial charge on any atom is 0.322 e. The largest absolute Gasteiger partial charge is 0.383 e. The summed E-state index contributed by atoms with van der Waals surface area (Å²) in [6, 6.07) is 4.62. The van der Waals surface area contributed by atoms with Gasteiger partial charge in [-0.3, -0.25) is 4.79 Å². The molecule has 3 rings (SSSR count). The minimum absolute atomic E-state index is 0.0238. The minimum atomic E-state index is -0.755. The number of nitrogens with one attached hydrogen (secondary N) is 1. The van der Waals surface area contributed by atoms with Gasteiger partial charge in [0.05, 0.1) is 17.3 Å². The predicted octanol–water partition coefficient (Wildman–Crippen LogP) is 3.63. The Bertz CT molecular complexity index is 700. The summed E-state index contributed by atoms with van der Waals surface area (Å²) in [7, 11) is 1.62. The molecule has 26 heavy (non-hydrogen) atoms. The van der Waals surface area contributed by atoms with Crippen LogP contribution in [0, 0.1) is 0 Å². The standard InChI is InChI=1S/C18H23Cl2N3O3/c1-26-11-10-22-8-2-6-18(16(22)24)7-3-9-23(18)17(25)21-15-5-4-13(19)12-14(15)20/h4-5,12H,2-3,6-11H2,1H3,(H,21,25). The molecule has 1 aromatic carbocycles. The Morgan fingerprint density at radius 1 is 1.27 bits per heavy atom. The number of rotatable bonds is 4. The van der Waals surface area contributed by atoms with E-state index in [1.165, 1.54) is 0 Å². The molecule has 1 spiro atoms. The number of nitrogens with zero attached hydrogens (tertiary/aromatic N) is 2. The van der Waals surface area contributed by atoms with Crippen molar-refractivity contribution in [1.82, 2.24) is 9.80 Å². The first-order chi connectivity index (χ1) is 12.5. The number of likely N-dealkylation sites (tertiary alicyclic amines) is 2. The van der Waals surface area contributed by atoms with Crippen LogP contribution in [-0.2, 0) is 9.53 Å². The van der Waals surface area contributed by atoms with Crippen molar-refractivity contribution in [1.29, 1.82) is 0 Å². The summed E-state index contributed by atoms with van der Waals surface area (Å²) in [5.41, 5.74) is -0.266. The number of benzene rings is 1. The lowest BCUT2D eigenvalue weighted by molar-refractivity contribution is -0.146. The summed E-state index contributed by atoms with van der Waals surface area (Å²) in [6.07, 6.45) is 3.07. The Balaban J connectivity index is 1.78. The summed E-state index contributed by atoms with van der Waals surface area (Å²) in [5.74, 6) is 0.0238. The van der Waals surface area contributed by atoms with Gasteiger partial charge in [0, 0.05) is 31.8 Å². The fourth-order valence-corrected chi connectivity index (χ4v) is 4.37. The number of methoxy groups -OCH3 is 1. The number of carbonyl (C=O) groups excluding carboxylic acids is 2. The van der Waals surface area contributed by atoms with Crippen LogP contribution in [-0.4, -0.2) is 60.6 Å². The van der Waals surface area contributed by atoms with Crippen LogP contribution in [0.25, 0.3) is 0 Å². The summed E-state index contributed by atoms with van der Waals surface area (Å²) in [5, 5.41) is 3.70. The molecule has 1 N–H and O–H groups in total. The van der Waals surface area contributed by atoms with Crippen molar-refractivity contribution < 1.29 is 14.3 Å². The molecule has 0 aliphatic carbocycles. The van der Waals surface area contributed by atoms with Crippen molar-refractivity contribution in [3.63, 3.8) is 0 Å². The first-order valence-electron chi connectivity index (χ1n) is 8.80. The average Bonchev–Trinajstić information content (AvgIpc) is 3.03. The molecule has 0 radical (unpaired) electrons. The van der Waals surface area contributed by atoms with E-state index in [1.54, 1.807) is 30.2 Å².